The topological polar surface area (TPSA) is 76.2 Å². The Morgan fingerprint density at radius 2 is 2.00 bits per heavy atom. The van der Waals surface area contributed by atoms with E-state index in [0.29, 0.717) is 28.9 Å². The van der Waals surface area contributed by atoms with Gasteiger partial charge in [-0.1, -0.05) is 6.07 Å². The Morgan fingerprint density at radius 3 is 2.58 bits per heavy atom. The summed E-state index contributed by atoms with van der Waals surface area (Å²) >= 11 is 1.66. The molecule has 0 aromatic carbocycles. The molecule has 0 bridgehead atoms. The SMILES string of the molecule is CC(=O)c1c(C)[nH]c(C(=O)COC(=O)CCCc2cccs2)c1C. The van der Waals surface area contributed by atoms with Crippen molar-refractivity contribution < 1.29 is 19.1 Å². The Bertz CT molecular complexity index is 743. The van der Waals surface area contributed by atoms with Crippen molar-refractivity contribution in [3.8, 4) is 0 Å². The first-order chi connectivity index (χ1) is 11.4. The molecule has 0 aliphatic rings. The molecular weight excluding hydrogens is 326 g/mol. The number of aromatic amines is 1. The van der Waals surface area contributed by atoms with Gasteiger partial charge in [-0.25, -0.2) is 0 Å². The minimum atomic E-state index is -0.382. The third kappa shape index (κ3) is 4.41. The zero-order valence-electron chi connectivity index (χ0n) is 14.1. The van der Waals surface area contributed by atoms with Crippen LogP contribution in [0.5, 0.6) is 0 Å². The van der Waals surface area contributed by atoms with E-state index in [2.05, 4.69) is 4.98 Å². The first kappa shape index (κ1) is 18.1. The van der Waals surface area contributed by atoms with Gasteiger partial charge in [0.15, 0.2) is 12.4 Å². The van der Waals surface area contributed by atoms with Gasteiger partial charge in [0.1, 0.15) is 0 Å². The quantitative estimate of drug-likeness (QED) is 0.584. The number of aryl methyl sites for hydroxylation is 2. The zero-order valence-corrected chi connectivity index (χ0v) is 14.9. The van der Waals surface area contributed by atoms with Gasteiger partial charge >= 0.3 is 5.97 Å². The Balaban J connectivity index is 1.83. The number of Topliss-reactive ketones (excluding diaryl/α,β-unsaturated/α-hetero) is 2. The summed E-state index contributed by atoms with van der Waals surface area (Å²) in [5, 5.41) is 2.00. The number of thiophene rings is 1. The molecule has 0 radical (unpaired) electrons. The lowest BCUT2D eigenvalue weighted by atomic mass is 10.1. The molecule has 0 unspecified atom stereocenters. The Morgan fingerprint density at radius 1 is 1.25 bits per heavy atom. The van der Waals surface area contributed by atoms with E-state index in [1.165, 1.54) is 11.8 Å². The number of carbonyl (C=O) groups is 3. The van der Waals surface area contributed by atoms with Crippen molar-refractivity contribution in [2.75, 3.05) is 6.61 Å². The Labute approximate surface area is 145 Å². The number of aromatic nitrogens is 1. The van der Waals surface area contributed by atoms with Crippen molar-refractivity contribution in [1.29, 1.82) is 0 Å². The molecule has 0 saturated heterocycles. The van der Waals surface area contributed by atoms with Crippen LogP contribution in [-0.4, -0.2) is 29.1 Å². The molecule has 128 valence electrons. The summed E-state index contributed by atoms with van der Waals surface area (Å²) in [4.78, 5) is 39.7. The summed E-state index contributed by atoms with van der Waals surface area (Å²) in [5.74, 6) is -0.798. The number of hydrogen-bond acceptors (Lipinski definition) is 5. The number of hydrogen-bond donors (Lipinski definition) is 1. The summed E-state index contributed by atoms with van der Waals surface area (Å²) in [7, 11) is 0. The number of H-pyrrole nitrogens is 1. The van der Waals surface area contributed by atoms with Crippen molar-refractivity contribution in [3.05, 3.63) is 44.9 Å². The van der Waals surface area contributed by atoms with Gasteiger partial charge in [0.05, 0.1) is 5.69 Å². The van der Waals surface area contributed by atoms with E-state index in [1.807, 2.05) is 17.5 Å². The van der Waals surface area contributed by atoms with Crippen molar-refractivity contribution >= 4 is 28.9 Å². The van der Waals surface area contributed by atoms with E-state index < -0.39 is 0 Å². The van der Waals surface area contributed by atoms with Crippen molar-refractivity contribution in [1.82, 2.24) is 4.98 Å². The van der Waals surface area contributed by atoms with Crippen LogP contribution in [0, 0.1) is 13.8 Å². The molecule has 5 nitrogen and oxygen atoms in total. The Hall–Kier alpha value is -2.21. The molecule has 1 N–H and O–H groups in total. The van der Waals surface area contributed by atoms with Gasteiger partial charge in [0.2, 0.25) is 5.78 Å². The van der Waals surface area contributed by atoms with E-state index in [0.717, 1.165) is 6.42 Å². The molecule has 6 heteroatoms. The van der Waals surface area contributed by atoms with Crippen molar-refractivity contribution in [2.45, 2.75) is 40.0 Å². The predicted octanol–water partition coefficient (Wildman–Crippen LogP) is 3.64. The fourth-order valence-corrected chi connectivity index (χ4v) is 3.46. The van der Waals surface area contributed by atoms with Crippen molar-refractivity contribution in [2.24, 2.45) is 0 Å². The van der Waals surface area contributed by atoms with Crippen LogP contribution in [0.25, 0.3) is 0 Å². The average Bonchev–Trinajstić information content (AvgIpc) is 3.12. The minimum absolute atomic E-state index is 0.0918. The van der Waals surface area contributed by atoms with Crippen LogP contribution in [-0.2, 0) is 16.0 Å². The van der Waals surface area contributed by atoms with Gasteiger partial charge in [-0.15, -0.1) is 11.3 Å². The molecule has 24 heavy (non-hydrogen) atoms. The first-order valence-corrected chi connectivity index (χ1v) is 8.69. The number of ether oxygens (including phenoxy) is 1. The van der Waals surface area contributed by atoms with Crippen LogP contribution < -0.4 is 0 Å². The van der Waals surface area contributed by atoms with E-state index in [1.54, 1.807) is 25.2 Å². The van der Waals surface area contributed by atoms with Crippen molar-refractivity contribution in [3.63, 3.8) is 0 Å². The minimum Gasteiger partial charge on any atom is -0.457 e. The second-order valence-electron chi connectivity index (χ2n) is 5.70. The molecular formula is C18H21NO4S. The highest BCUT2D eigenvalue weighted by Crippen LogP contribution is 2.19. The Kier molecular flexibility index (Phi) is 6.09. The molecule has 0 aliphatic heterocycles. The number of rotatable bonds is 8. The molecule has 2 aromatic rings. The number of ketones is 2. The highest BCUT2D eigenvalue weighted by molar-refractivity contribution is 7.09. The average molecular weight is 347 g/mol. The van der Waals surface area contributed by atoms with E-state index in [9.17, 15) is 14.4 Å². The summed E-state index contributed by atoms with van der Waals surface area (Å²) in [6.45, 7) is 4.62. The largest absolute Gasteiger partial charge is 0.457 e. The fraction of sp³-hybridized carbons (Fsp3) is 0.389. The van der Waals surface area contributed by atoms with Crippen LogP contribution in [0.15, 0.2) is 17.5 Å². The first-order valence-electron chi connectivity index (χ1n) is 7.81. The van der Waals surface area contributed by atoms with Gasteiger partial charge < -0.3 is 9.72 Å². The van der Waals surface area contributed by atoms with Gasteiger partial charge in [0, 0.05) is 22.6 Å². The van der Waals surface area contributed by atoms with Gasteiger partial charge in [-0.3, -0.25) is 14.4 Å². The molecule has 0 amide bonds. The fourth-order valence-electron chi connectivity index (χ4n) is 2.71. The van der Waals surface area contributed by atoms with Crippen LogP contribution in [0.4, 0.5) is 0 Å². The maximum absolute atomic E-state index is 12.2. The smallest absolute Gasteiger partial charge is 0.306 e. The monoisotopic (exact) mass is 347 g/mol. The summed E-state index contributed by atoms with van der Waals surface area (Å²) in [6.07, 6.45) is 1.81. The molecule has 0 atom stereocenters. The predicted molar refractivity (Wildman–Crippen MR) is 92.8 cm³/mol. The summed E-state index contributed by atoms with van der Waals surface area (Å²) < 4.78 is 5.05. The molecule has 0 aliphatic carbocycles. The van der Waals surface area contributed by atoms with E-state index in [-0.39, 0.29) is 30.6 Å². The van der Waals surface area contributed by atoms with E-state index in [4.69, 9.17) is 4.74 Å². The third-order valence-electron chi connectivity index (χ3n) is 3.82. The highest BCUT2D eigenvalue weighted by Gasteiger charge is 2.20. The number of carbonyl (C=O) groups excluding carboxylic acids is 3. The second kappa shape index (κ2) is 8.06. The maximum Gasteiger partial charge on any atom is 0.306 e. The molecule has 2 rings (SSSR count). The molecule has 0 saturated carbocycles. The third-order valence-corrected chi connectivity index (χ3v) is 4.75. The lowest BCUT2D eigenvalue weighted by molar-refractivity contribution is -0.142. The van der Waals surface area contributed by atoms with Crippen LogP contribution in [0.1, 0.15) is 56.7 Å². The second-order valence-corrected chi connectivity index (χ2v) is 6.73. The lowest BCUT2D eigenvalue weighted by Crippen LogP contribution is -2.15. The molecule has 2 aromatic heterocycles. The standard InChI is InChI=1S/C18H21NO4S/c1-11-17(13(3)20)12(2)19-18(11)15(21)10-23-16(22)8-4-6-14-7-5-9-24-14/h5,7,9,19H,4,6,8,10H2,1-3H3. The van der Waals surface area contributed by atoms with Gasteiger partial charge in [0.25, 0.3) is 0 Å². The van der Waals surface area contributed by atoms with Crippen LogP contribution in [0.3, 0.4) is 0 Å². The summed E-state index contributed by atoms with van der Waals surface area (Å²) in [6, 6.07) is 4.01. The molecule has 2 heterocycles. The molecule has 0 spiro atoms. The van der Waals surface area contributed by atoms with Crippen LogP contribution in [0.2, 0.25) is 0 Å². The summed E-state index contributed by atoms with van der Waals surface area (Å²) in [5.41, 5.74) is 2.13. The normalized spacial score (nSPS) is 10.6. The van der Waals surface area contributed by atoms with Gasteiger partial charge in [-0.05, 0) is 50.6 Å². The zero-order chi connectivity index (χ0) is 17.7. The highest BCUT2D eigenvalue weighted by atomic mass is 32.1. The van der Waals surface area contributed by atoms with Gasteiger partial charge in [-0.2, -0.15) is 0 Å². The van der Waals surface area contributed by atoms with Crippen LogP contribution >= 0.6 is 11.3 Å². The number of esters is 1. The molecule has 0 fully saturated rings. The maximum atomic E-state index is 12.2. The van der Waals surface area contributed by atoms with E-state index >= 15 is 0 Å². The number of nitrogens with one attached hydrogen (secondary N) is 1. The lowest BCUT2D eigenvalue weighted by Gasteiger charge is -2.04.